The van der Waals surface area contributed by atoms with E-state index in [1.165, 1.54) is 12.1 Å². The Kier molecular flexibility index (Phi) is 2.92. The first-order valence-electron chi connectivity index (χ1n) is 5.66. The summed E-state index contributed by atoms with van der Waals surface area (Å²) < 4.78 is 0. The van der Waals surface area contributed by atoms with E-state index in [2.05, 4.69) is 0 Å². The van der Waals surface area contributed by atoms with Crippen LogP contribution in [0.4, 0.5) is 5.69 Å². The Labute approximate surface area is 124 Å². The molecule has 2 aromatic carbocycles. The molecule has 0 saturated heterocycles. The summed E-state index contributed by atoms with van der Waals surface area (Å²) in [5, 5.41) is 10.2. The van der Waals surface area contributed by atoms with Gasteiger partial charge in [0.05, 0.1) is 21.8 Å². The van der Waals surface area contributed by atoms with Gasteiger partial charge in [-0.2, -0.15) is 0 Å². The Morgan fingerprint density at radius 3 is 2.05 bits per heavy atom. The van der Waals surface area contributed by atoms with Gasteiger partial charge in [0.25, 0.3) is 11.8 Å². The zero-order chi connectivity index (χ0) is 14.4. The number of phenols is 1. The van der Waals surface area contributed by atoms with Gasteiger partial charge in [0.15, 0.2) is 5.75 Å². The zero-order valence-corrected chi connectivity index (χ0v) is 11.4. The van der Waals surface area contributed by atoms with E-state index in [9.17, 15) is 14.7 Å². The lowest BCUT2D eigenvalue weighted by molar-refractivity contribution is 0.0925. The van der Waals surface area contributed by atoms with Crippen LogP contribution in [0.25, 0.3) is 0 Å². The number of hydrogen-bond donors (Lipinski definition) is 1. The molecule has 0 unspecified atom stereocenters. The molecule has 0 spiro atoms. The van der Waals surface area contributed by atoms with Gasteiger partial charge in [-0.3, -0.25) is 9.59 Å². The number of imide groups is 1. The number of fused-ring (bicyclic) bond motifs is 1. The van der Waals surface area contributed by atoms with Gasteiger partial charge >= 0.3 is 0 Å². The summed E-state index contributed by atoms with van der Waals surface area (Å²) in [6, 6.07) is 9.10. The van der Waals surface area contributed by atoms with Crippen LogP contribution in [0.15, 0.2) is 36.4 Å². The van der Waals surface area contributed by atoms with Gasteiger partial charge in [0.1, 0.15) is 0 Å². The topological polar surface area (TPSA) is 57.6 Å². The highest BCUT2D eigenvalue weighted by molar-refractivity contribution is 6.39. The van der Waals surface area contributed by atoms with E-state index in [-0.39, 0.29) is 32.6 Å². The highest BCUT2D eigenvalue weighted by atomic mass is 35.5. The average Bonchev–Trinajstić information content (AvgIpc) is 2.67. The van der Waals surface area contributed by atoms with Crippen molar-refractivity contribution in [3.63, 3.8) is 0 Å². The van der Waals surface area contributed by atoms with Crippen molar-refractivity contribution in [2.24, 2.45) is 0 Å². The van der Waals surface area contributed by atoms with Crippen molar-refractivity contribution in [1.82, 2.24) is 0 Å². The number of rotatable bonds is 1. The van der Waals surface area contributed by atoms with Crippen molar-refractivity contribution < 1.29 is 14.7 Å². The average molecular weight is 308 g/mol. The van der Waals surface area contributed by atoms with Gasteiger partial charge in [-0.1, -0.05) is 35.3 Å². The molecule has 0 saturated carbocycles. The summed E-state index contributed by atoms with van der Waals surface area (Å²) in [7, 11) is 0. The Bertz CT molecular complexity index is 723. The van der Waals surface area contributed by atoms with E-state index in [0.29, 0.717) is 0 Å². The number of carbonyl (C=O) groups is 2. The van der Waals surface area contributed by atoms with Crippen LogP contribution in [0.3, 0.4) is 0 Å². The smallest absolute Gasteiger partial charge is 0.266 e. The Morgan fingerprint density at radius 2 is 1.50 bits per heavy atom. The molecule has 4 nitrogen and oxygen atoms in total. The lowest BCUT2D eigenvalue weighted by atomic mass is 10.1. The van der Waals surface area contributed by atoms with Gasteiger partial charge in [0.2, 0.25) is 0 Å². The maximum atomic E-state index is 12.3. The van der Waals surface area contributed by atoms with E-state index in [0.717, 1.165) is 4.90 Å². The third-order valence-electron chi connectivity index (χ3n) is 3.04. The van der Waals surface area contributed by atoms with Gasteiger partial charge in [-0.05, 0) is 24.3 Å². The monoisotopic (exact) mass is 307 g/mol. The molecule has 0 radical (unpaired) electrons. The number of hydrogen-bond acceptors (Lipinski definition) is 3. The van der Waals surface area contributed by atoms with Crippen molar-refractivity contribution >= 4 is 40.7 Å². The number of benzene rings is 2. The summed E-state index contributed by atoms with van der Waals surface area (Å²) in [6.07, 6.45) is 0. The molecule has 0 aliphatic carbocycles. The molecule has 1 aliphatic heterocycles. The fourth-order valence-corrected chi connectivity index (χ4v) is 2.61. The van der Waals surface area contributed by atoms with Crippen molar-refractivity contribution in [3.8, 4) is 5.75 Å². The first-order valence-corrected chi connectivity index (χ1v) is 6.42. The van der Waals surface area contributed by atoms with E-state index < -0.39 is 11.8 Å². The molecule has 2 amide bonds. The molecular formula is C14H7Cl2NO3. The number of halogens is 2. The number of nitrogens with zero attached hydrogens (tertiary/aromatic N) is 1. The molecule has 0 bridgehead atoms. The van der Waals surface area contributed by atoms with Crippen LogP contribution in [0.1, 0.15) is 20.7 Å². The predicted octanol–water partition coefficient (Wildman–Crippen LogP) is 3.50. The summed E-state index contributed by atoms with van der Waals surface area (Å²) in [6.45, 7) is 0. The first-order chi connectivity index (χ1) is 9.50. The Balaban J connectivity index is 2.19. The summed E-state index contributed by atoms with van der Waals surface area (Å²) in [5.41, 5.74) is 0.551. The second-order valence-electron chi connectivity index (χ2n) is 4.25. The van der Waals surface area contributed by atoms with E-state index >= 15 is 0 Å². The molecule has 100 valence electrons. The molecule has 3 rings (SSSR count). The summed E-state index contributed by atoms with van der Waals surface area (Å²) >= 11 is 11.7. The van der Waals surface area contributed by atoms with Crippen LogP contribution in [0.2, 0.25) is 10.0 Å². The molecule has 1 N–H and O–H groups in total. The molecule has 0 fully saturated rings. The molecule has 0 atom stereocenters. The maximum absolute atomic E-state index is 12.3. The van der Waals surface area contributed by atoms with Gasteiger partial charge in [0, 0.05) is 5.02 Å². The maximum Gasteiger partial charge on any atom is 0.266 e. The van der Waals surface area contributed by atoms with Crippen molar-refractivity contribution in [1.29, 1.82) is 0 Å². The van der Waals surface area contributed by atoms with Gasteiger partial charge in [-0.15, -0.1) is 0 Å². The van der Waals surface area contributed by atoms with Crippen LogP contribution in [-0.4, -0.2) is 16.9 Å². The second-order valence-corrected chi connectivity index (χ2v) is 5.09. The molecule has 1 heterocycles. The normalized spacial score (nSPS) is 13.8. The molecule has 1 aliphatic rings. The minimum atomic E-state index is -0.515. The van der Waals surface area contributed by atoms with E-state index in [1.54, 1.807) is 24.3 Å². The van der Waals surface area contributed by atoms with Crippen molar-refractivity contribution in [2.45, 2.75) is 0 Å². The Hall–Kier alpha value is -2.04. The summed E-state index contributed by atoms with van der Waals surface area (Å²) in [5.74, 6) is -1.39. The van der Waals surface area contributed by atoms with Crippen LogP contribution in [0, 0.1) is 0 Å². The van der Waals surface area contributed by atoms with Gasteiger partial charge in [-0.25, -0.2) is 4.90 Å². The van der Waals surface area contributed by atoms with Crippen LogP contribution in [-0.2, 0) is 0 Å². The first kappa shape index (κ1) is 13.0. The number of amides is 2. The highest BCUT2D eigenvalue weighted by Gasteiger charge is 2.38. The highest BCUT2D eigenvalue weighted by Crippen LogP contribution is 2.40. The molecule has 0 aromatic heterocycles. The molecule has 2 aromatic rings. The zero-order valence-electron chi connectivity index (χ0n) is 9.93. The van der Waals surface area contributed by atoms with E-state index in [4.69, 9.17) is 23.2 Å². The second kappa shape index (κ2) is 4.51. The summed E-state index contributed by atoms with van der Waals surface area (Å²) in [4.78, 5) is 25.5. The van der Waals surface area contributed by atoms with Gasteiger partial charge < -0.3 is 5.11 Å². The third-order valence-corrected chi connectivity index (χ3v) is 3.55. The SMILES string of the molecule is O=C1c2ccccc2C(=O)N1c1cc(Cl)cc(Cl)c1O. The minimum absolute atomic E-state index is 0.0197. The number of carbonyl (C=O) groups excluding carboxylic acids is 2. The van der Waals surface area contributed by atoms with Crippen LogP contribution in [0.5, 0.6) is 5.75 Å². The van der Waals surface area contributed by atoms with E-state index in [1.807, 2.05) is 0 Å². The fraction of sp³-hybridized carbons (Fsp3) is 0. The Morgan fingerprint density at radius 1 is 0.950 bits per heavy atom. The number of phenolic OH excluding ortho intramolecular Hbond substituents is 1. The molecular weight excluding hydrogens is 301 g/mol. The van der Waals surface area contributed by atoms with Crippen molar-refractivity contribution in [3.05, 3.63) is 57.6 Å². The fourth-order valence-electron chi connectivity index (χ4n) is 2.13. The minimum Gasteiger partial charge on any atom is -0.504 e. The number of aromatic hydroxyl groups is 1. The standard InChI is InChI=1S/C14H7Cl2NO3/c15-7-5-10(16)12(18)11(6-7)17-13(19)8-3-1-2-4-9(8)14(17)20/h1-6,18H. The number of anilines is 1. The van der Waals surface area contributed by atoms with Crippen LogP contribution >= 0.6 is 23.2 Å². The quantitative estimate of drug-likeness (QED) is 0.820. The predicted molar refractivity (Wildman–Crippen MR) is 75.7 cm³/mol. The lowest BCUT2D eigenvalue weighted by Crippen LogP contribution is -2.29. The molecule has 6 heteroatoms. The third kappa shape index (κ3) is 1.77. The van der Waals surface area contributed by atoms with Crippen molar-refractivity contribution in [2.75, 3.05) is 4.90 Å². The lowest BCUT2D eigenvalue weighted by Gasteiger charge is -2.16. The largest absolute Gasteiger partial charge is 0.504 e. The molecule has 20 heavy (non-hydrogen) atoms. The van der Waals surface area contributed by atoms with Crippen LogP contribution < -0.4 is 4.90 Å².